The van der Waals surface area contributed by atoms with Crippen LogP contribution in [0.25, 0.3) is 0 Å². The molecule has 0 aromatic carbocycles. The highest BCUT2D eigenvalue weighted by Gasteiger charge is 2.33. The first-order chi connectivity index (χ1) is 7.11. The summed E-state index contributed by atoms with van der Waals surface area (Å²) in [7, 11) is 0. The maximum Gasteiger partial charge on any atom is 0.397 e. The van der Waals surface area contributed by atoms with E-state index in [4.69, 9.17) is 5.11 Å². The summed E-state index contributed by atoms with van der Waals surface area (Å²) in [5, 5.41) is 10.0. The molecule has 2 amide bonds. The smallest absolute Gasteiger partial charge is 0.397 e. The number of hydrogen-bond acceptors (Lipinski definition) is 3. The highest BCUT2D eigenvalue weighted by Crippen LogP contribution is 2.19. The third-order valence-electron chi connectivity index (χ3n) is 1.40. The van der Waals surface area contributed by atoms with Gasteiger partial charge in [0.2, 0.25) is 11.8 Å². The Morgan fingerprint density at radius 3 is 2.12 bits per heavy atom. The van der Waals surface area contributed by atoms with E-state index >= 15 is 0 Å². The lowest BCUT2D eigenvalue weighted by Gasteiger charge is -2.13. The molecule has 0 aromatic rings. The molecule has 0 radical (unpaired) electrons. The van der Waals surface area contributed by atoms with Crippen LogP contribution >= 0.6 is 0 Å². The molecule has 6 nitrogen and oxygen atoms in total. The Bertz CT molecular complexity index is 302. The number of nitrogens with one attached hydrogen (secondary N) is 1. The number of aliphatic carboxylic acids is 1. The van der Waals surface area contributed by atoms with Crippen LogP contribution in [0.5, 0.6) is 0 Å². The summed E-state index contributed by atoms with van der Waals surface area (Å²) < 4.78 is 35.2. The first-order valence-electron chi connectivity index (χ1n) is 3.99. The van der Waals surface area contributed by atoms with Crippen LogP contribution in [0.2, 0.25) is 0 Å². The Kier molecular flexibility index (Phi) is 4.73. The number of amides is 2. The first-order valence-corrected chi connectivity index (χ1v) is 3.99. The molecule has 0 heterocycles. The Morgan fingerprint density at radius 1 is 1.31 bits per heavy atom. The number of hydrogen-bond donors (Lipinski definition) is 3. The predicted octanol–water partition coefficient (Wildman–Crippen LogP) is -0.616. The highest BCUT2D eigenvalue weighted by atomic mass is 19.4. The molecule has 9 heteroatoms. The number of carbonyl (C=O) groups is 3. The summed E-state index contributed by atoms with van der Waals surface area (Å²) >= 11 is 0. The largest absolute Gasteiger partial charge is 0.480 e. The minimum Gasteiger partial charge on any atom is -0.480 e. The van der Waals surface area contributed by atoms with Gasteiger partial charge in [0.25, 0.3) is 0 Å². The van der Waals surface area contributed by atoms with Crippen LogP contribution in [0, 0.1) is 0 Å². The van der Waals surface area contributed by atoms with E-state index in [1.807, 2.05) is 0 Å². The van der Waals surface area contributed by atoms with Gasteiger partial charge in [-0.25, -0.2) is 4.79 Å². The fraction of sp³-hybridized carbons (Fsp3) is 0.571. The zero-order chi connectivity index (χ0) is 12.9. The molecule has 0 fully saturated rings. The summed E-state index contributed by atoms with van der Waals surface area (Å²) in [5.41, 5.74) is 4.66. The van der Waals surface area contributed by atoms with Crippen LogP contribution < -0.4 is 11.1 Å². The Morgan fingerprint density at radius 2 is 1.81 bits per heavy atom. The molecule has 0 aliphatic heterocycles. The second-order valence-electron chi connectivity index (χ2n) is 2.92. The van der Waals surface area contributed by atoms with Gasteiger partial charge >= 0.3 is 12.1 Å². The fourth-order valence-electron chi connectivity index (χ4n) is 0.829. The third-order valence-corrected chi connectivity index (χ3v) is 1.40. The standard InChI is InChI=1S/C7H9F3N2O4/c8-7(9,10)2-5(14)12-3(6(15)16)1-4(11)13/h3H,1-2H2,(H2,11,13)(H,12,14)(H,15,16). The zero-order valence-corrected chi connectivity index (χ0v) is 7.87. The summed E-state index contributed by atoms with van der Waals surface area (Å²) in [6.07, 6.45) is -7.31. The molecule has 0 saturated heterocycles. The normalized spacial score (nSPS) is 12.9. The molecule has 1 atom stereocenters. The van der Waals surface area contributed by atoms with Crippen LogP contribution in [0.15, 0.2) is 0 Å². The summed E-state index contributed by atoms with van der Waals surface area (Å²) in [6, 6.07) is -1.74. The minimum atomic E-state index is -4.74. The Hall–Kier alpha value is -1.80. The average molecular weight is 242 g/mol. The van der Waals surface area contributed by atoms with Crippen molar-refractivity contribution in [2.24, 2.45) is 5.73 Å². The number of nitrogens with two attached hydrogens (primary N) is 1. The molecule has 0 aliphatic rings. The van der Waals surface area contributed by atoms with Crippen LogP contribution in [0.1, 0.15) is 12.8 Å². The van der Waals surface area contributed by atoms with E-state index in [9.17, 15) is 27.6 Å². The zero-order valence-electron chi connectivity index (χ0n) is 7.87. The number of carbonyl (C=O) groups excluding carboxylic acids is 2. The van der Waals surface area contributed by atoms with Gasteiger partial charge in [-0.05, 0) is 0 Å². The van der Waals surface area contributed by atoms with E-state index in [1.54, 1.807) is 5.32 Å². The van der Waals surface area contributed by atoms with Crippen LogP contribution in [-0.4, -0.2) is 35.1 Å². The number of carboxylic acid groups (broad SMARTS) is 1. The Balaban J connectivity index is 4.35. The summed E-state index contributed by atoms with van der Waals surface area (Å²) in [4.78, 5) is 31.5. The average Bonchev–Trinajstić information content (AvgIpc) is 1.97. The quantitative estimate of drug-likeness (QED) is 0.597. The molecule has 0 rings (SSSR count). The highest BCUT2D eigenvalue weighted by molar-refractivity contribution is 5.88. The first kappa shape index (κ1) is 14.2. The fourth-order valence-corrected chi connectivity index (χ4v) is 0.829. The molecular weight excluding hydrogens is 233 g/mol. The van der Waals surface area contributed by atoms with Crippen molar-refractivity contribution in [3.8, 4) is 0 Å². The monoisotopic (exact) mass is 242 g/mol. The number of rotatable bonds is 5. The summed E-state index contributed by atoms with van der Waals surface area (Å²) in [5.74, 6) is -4.20. The van der Waals surface area contributed by atoms with Gasteiger partial charge in [0.15, 0.2) is 0 Å². The summed E-state index contributed by atoms with van der Waals surface area (Å²) in [6.45, 7) is 0. The molecule has 16 heavy (non-hydrogen) atoms. The van der Waals surface area contributed by atoms with E-state index in [-0.39, 0.29) is 0 Å². The lowest BCUT2D eigenvalue weighted by Crippen LogP contribution is -2.44. The van der Waals surface area contributed by atoms with Gasteiger partial charge in [-0.1, -0.05) is 0 Å². The van der Waals surface area contributed by atoms with Crippen LogP contribution in [0.4, 0.5) is 13.2 Å². The predicted molar refractivity (Wildman–Crippen MR) is 44.0 cm³/mol. The van der Waals surface area contributed by atoms with E-state index in [0.29, 0.717) is 0 Å². The molecular formula is C7H9F3N2O4. The Labute approximate surface area is 87.6 Å². The number of primary amides is 1. The number of carboxylic acids is 1. The minimum absolute atomic E-state index is 0.765. The van der Waals surface area contributed by atoms with Crippen molar-refractivity contribution in [2.75, 3.05) is 0 Å². The SMILES string of the molecule is NC(=O)CC(NC(=O)CC(F)(F)F)C(=O)O. The van der Waals surface area contributed by atoms with Crippen molar-refractivity contribution >= 4 is 17.8 Å². The number of halogens is 3. The van der Waals surface area contributed by atoms with Crippen LogP contribution in [0.3, 0.4) is 0 Å². The van der Waals surface area contributed by atoms with Crippen LogP contribution in [-0.2, 0) is 14.4 Å². The van der Waals surface area contributed by atoms with Crippen molar-refractivity contribution in [3.05, 3.63) is 0 Å². The van der Waals surface area contributed by atoms with Gasteiger partial charge in [0, 0.05) is 0 Å². The molecule has 4 N–H and O–H groups in total. The number of alkyl halides is 3. The molecule has 0 saturated carbocycles. The lowest BCUT2D eigenvalue weighted by molar-refractivity contribution is -0.157. The van der Waals surface area contributed by atoms with Crippen molar-refractivity contribution < 1.29 is 32.7 Å². The van der Waals surface area contributed by atoms with Crippen molar-refractivity contribution in [1.82, 2.24) is 5.32 Å². The van der Waals surface area contributed by atoms with E-state index < -0.39 is 42.8 Å². The second-order valence-corrected chi connectivity index (χ2v) is 2.92. The third kappa shape index (κ3) is 6.62. The maximum absolute atomic E-state index is 11.7. The van der Waals surface area contributed by atoms with E-state index in [2.05, 4.69) is 5.73 Å². The topological polar surface area (TPSA) is 109 Å². The molecule has 0 spiro atoms. The van der Waals surface area contributed by atoms with E-state index in [0.717, 1.165) is 0 Å². The van der Waals surface area contributed by atoms with Gasteiger partial charge in [-0.2, -0.15) is 13.2 Å². The molecule has 92 valence electrons. The molecule has 1 unspecified atom stereocenters. The molecule has 0 aromatic heterocycles. The maximum atomic E-state index is 11.7. The van der Waals surface area contributed by atoms with Gasteiger partial charge in [-0.15, -0.1) is 0 Å². The van der Waals surface area contributed by atoms with Gasteiger partial charge in [0.05, 0.1) is 6.42 Å². The van der Waals surface area contributed by atoms with Crippen molar-refractivity contribution in [3.63, 3.8) is 0 Å². The van der Waals surface area contributed by atoms with Crippen molar-refractivity contribution in [2.45, 2.75) is 25.1 Å². The molecule has 0 aliphatic carbocycles. The van der Waals surface area contributed by atoms with Gasteiger partial charge in [-0.3, -0.25) is 9.59 Å². The lowest BCUT2D eigenvalue weighted by atomic mass is 10.2. The van der Waals surface area contributed by atoms with Gasteiger partial charge < -0.3 is 16.2 Å². The van der Waals surface area contributed by atoms with Gasteiger partial charge in [0.1, 0.15) is 12.5 Å². The van der Waals surface area contributed by atoms with E-state index in [1.165, 1.54) is 0 Å². The second kappa shape index (κ2) is 5.33. The van der Waals surface area contributed by atoms with Crippen molar-refractivity contribution in [1.29, 1.82) is 0 Å². The molecule has 0 bridgehead atoms.